The van der Waals surface area contributed by atoms with Crippen molar-refractivity contribution in [3.05, 3.63) is 21.8 Å². The summed E-state index contributed by atoms with van der Waals surface area (Å²) in [4.78, 5) is 30.0. The molecule has 0 radical (unpaired) electrons. The predicted octanol–water partition coefficient (Wildman–Crippen LogP) is 0.950. The van der Waals surface area contributed by atoms with E-state index < -0.39 is 11.2 Å². The van der Waals surface area contributed by atoms with Gasteiger partial charge < -0.3 is 10.7 Å². The Bertz CT molecular complexity index is 590. The molecule has 0 saturated heterocycles. The molecule has 2 aromatic rings. The Balaban J connectivity index is 2.39. The fraction of sp³-hybridized carbons (Fsp3) is 0.222. The maximum atomic E-state index is 11.6. The van der Waals surface area contributed by atoms with Crippen molar-refractivity contribution in [3.8, 4) is 0 Å². The van der Waals surface area contributed by atoms with E-state index in [9.17, 15) is 9.59 Å². The first kappa shape index (κ1) is 11.2. The lowest BCUT2D eigenvalue weighted by Gasteiger charge is -2.05. The fourth-order valence-electron chi connectivity index (χ4n) is 1.13. The van der Waals surface area contributed by atoms with Crippen molar-refractivity contribution in [1.82, 2.24) is 9.97 Å². The van der Waals surface area contributed by atoms with E-state index in [0.717, 1.165) is 11.8 Å². The number of H-pyrrole nitrogens is 1. The van der Waals surface area contributed by atoms with Gasteiger partial charge in [0.15, 0.2) is 5.16 Å². The van der Waals surface area contributed by atoms with Crippen molar-refractivity contribution in [2.24, 2.45) is 5.73 Å². The molecule has 3 N–H and O–H groups in total. The first-order valence-electron chi connectivity index (χ1n) is 4.51. The van der Waals surface area contributed by atoms with Crippen molar-refractivity contribution in [2.45, 2.75) is 17.3 Å². The first-order chi connectivity index (χ1) is 7.58. The SMILES string of the molecule is C[C@H](Sc1nc2sccc2c(=O)[nH]1)C(N)=O. The summed E-state index contributed by atoms with van der Waals surface area (Å²) in [5.74, 6) is -0.432. The molecule has 0 unspecified atom stereocenters. The quantitative estimate of drug-likeness (QED) is 0.631. The van der Waals surface area contributed by atoms with Crippen LogP contribution in [0.4, 0.5) is 0 Å². The van der Waals surface area contributed by atoms with E-state index in [1.165, 1.54) is 11.3 Å². The number of nitrogens with zero attached hydrogens (tertiary/aromatic N) is 1. The molecule has 0 fully saturated rings. The Morgan fingerprint density at radius 1 is 1.69 bits per heavy atom. The van der Waals surface area contributed by atoms with Crippen LogP contribution in [0.15, 0.2) is 21.4 Å². The topological polar surface area (TPSA) is 88.8 Å². The molecule has 0 spiro atoms. The maximum Gasteiger partial charge on any atom is 0.260 e. The molecule has 0 bridgehead atoms. The largest absolute Gasteiger partial charge is 0.369 e. The second-order valence-corrected chi connectivity index (χ2v) is 5.40. The third-order valence-electron chi connectivity index (χ3n) is 2.00. The predicted molar refractivity (Wildman–Crippen MR) is 64.8 cm³/mol. The summed E-state index contributed by atoms with van der Waals surface area (Å²) in [5.41, 5.74) is 4.95. The zero-order valence-electron chi connectivity index (χ0n) is 8.39. The average Bonchev–Trinajstić information content (AvgIpc) is 2.65. The summed E-state index contributed by atoms with van der Waals surface area (Å²) >= 11 is 2.54. The highest BCUT2D eigenvalue weighted by atomic mass is 32.2. The lowest BCUT2D eigenvalue weighted by Crippen LogP contribution is -2.23. The van der Waals surface area contributed by atoms with Crippen molar-refractivity contribution >= 4 is 39.2 Å². The Hall–Kier alpha value is -1.34. The van der Waals surface area contributed by atoms with Gasteiger partial charge in [-0.2, -0.15) is 0 Å². The summed E-state index contributed by atoms with van der Waals surface area (Å²) < 4.78 is 0. The van der Waals surface area contributed by atoms with Crippen molar-refractivity contribution < 1.29 is 4.79 Å². The van der Waals surface area contributed by atoms with Gasteiger partial charge in [-0.15, -0.1) is 11.3 Å². The summed E-state index contributed by atoms with van der Waals surface area (Å²) in [6, 6.07) is 1.72. The molecule has 0 aromatic carbocycles. The number of aromatic amines is 1. The van der Waals surface area contributed by atoms with Gasteiger partial charge in [-0.1, -0.05) is 11.8 Å². The molecule has 84 valence electrons. The highest BCUT2D eigenvalue weighted by molar-refractivity contribution is 8.00. The van der Waals surface area contributed by atoms with E-state index >= 15 is 0 Å². The third kappa shape index (κ3) is 2.10. The van der Waals surface area contributed by atoms with Crippen LogP contribution in [0.2, 0.25) is 0 Å². The highest BCUT2D eigenvalue weighted by Crippen LogP contribution is 2.21. The van der Waals surface area contributed by atoms with Crippen LogP contribution in [0.1, 0.15) is 6.92 Å². The number of carbonyl (C=O) groups is 1. The number of fused-ring (bicyclic) bond motifs is 1. The molecule has 16 heavy (non-hydrogen) atoms. The van der Waals surface area contributed by atoms with Gasteiger partial charge in [-0.05, 0) is 18.4 Å². The summed E-state index contributed by atoms with van der Waals surface area (Å²) in [5, 5.41) is 2.38. The van der Waals surface area contributed by atoms with Crippen molar-refractivity contribution in [2.75, 3.05) is 0 Å². The smallest absolute Gasteiger partial charge is 0.260 e. The minimum absolute atomic E-state index is 0.189. The molecule has 2 aromatic heterocycles. The third-order valence-corrected chi connectivity index (χ3v) is 3.81. The molecule has 0 saturated carbocycles. The molecular formula is C9H9N3O2S2. The van der Waals surface area contributed by atoms with Crippen LogP contribution in [0.3, 0.4) is 0 Å². The van der Waals surface area contributed by atoms with E-state index in [1.807, 2.05) is 0 Å². The first-order valence-corrected chi connectivity index (χ1v) is 6.27. The van der Waals surface area contributed by atoms with Crippen molar-refractivity contribution in [3.63, 3.8) is 0 Å². The Labute approximate surface area is 99.1 Å². The fourth-order valence-corrected chi connectivity index (χ4v) is 2.70. The zero-order valence-corrected chi connectivity index (χ0v) is 10.0. The minimum Gasteiger partial charge on any atom is -0.369 e. The van der Waals surface area contributed by atoms with E-state index in [2.05, 4.69) is 9.97 Å². The van der Waals surface area contributed by atoms with Gasteiger partial charge in [0.25, 0.3) is 5.56 Å². The lowest BCUT2D eigenvalue weighted by atomic mass is 10.4. The second-order valence-electron chi connectivity index (χ2n) is 3.17. The van der Waals surface area contributed by atoms with E-state index in [4.69, 9.17) is 5.73 Å². The van der Waals surface area contributed by atoms with Gasteiger partial charge in [-0.3, -0.25) is 9.59 Å². The maximum absolute atomic E-state index is 11.6. The number of rotatable bonds is 3. The number of hydrogen-bond acceptors (Lipinski definition) is 5. The standard InChI is InChI=1S/C9H9N3O2S2/c1-4(6(10)13)16-9-11-7(14)5-2-3-15-8(5)12-9/h2-4H,1H3,(H2,10,13)(H,11,12,14)/t4-/m0/s1. The number of aromatic nitrogens is 2. The summed E-state index contributed by atoms with van der Waals surface area (Å²) in [7, 11) is 0. The van der Waals surface area contributed by atoms with Gasteiger partial charge in [0.05, 0.1) is 10.6 Å². The van der Waals surface area contributed by atoms with Crippen LogP contribution >= 0.6 is 23.1 Å². The number of thiophene rings is 1. The molecule has 0 aliphatic heterocycles. The highest BCUT2D eigenvalue weighted by Gasteiger charge is 2.13. The minimum atomic E-state index is -0.432. The monoisotopic (exact) mass is 255 g/mol. The Morgan fingerprint density at radius 2 is 2.44 bits per heavy atom. The van der Waals surface area contributed by atoms with Crippen LogP contribution in [0, 0.1) is 0 Å². The molecule has 1 amide bonds. The van der Waals surface area contributed by atoms with E-state index in [1.54, 1.807) is 18.4 Å². The second kappa shape index (κ2) is 4.26. The van der Waals surface area contributed by atoms with Crippen LogP contribution < -0.4 is 11.3 Å². The number of nitrogens with two attached hydrogens (primary N) is 1. The molecule has 7 heteroatoms. The number of carbonyl (C=O) groups excluding carboxylic acids is 1. The summed E-state index contributed by atoms with van der Waals surface area (Å²) in [6.45, 7) is 1.67. The van der Waals surface area contributed by atoms with Gasteiger partial charge in [0.1, 0.15) is 4.83 Å². The molecule has 2 rings (SSSR count). The summed E-state index contributed by atoms with van der Waals surface area (Å²) in [6.07, 6.45) is 0. The number of primary amides is 1. The van der Waals surface area contributed by atoms with Gasteiger partial charge in [-0.25, -0.2) is 4.98 Å². The molecule has 0 aliphatic rings. The van der Waals surface area contributed by atoms with Crippen molar-refractivity contribution in [1.29, 1.82) is 0 Å². The molecule has 2 heterocycles. The lowest BCUT2D eigenvalue weighted by molar-refractivity contribution is -0.117. The normalized spacial score (nSPS) is 12.8. The number of thioether (sulfide) groups is 1. The molecule has 1 atom stereocenters. The number of amides is 1. The average molecular weight is 255 g/mol. The van der Waals surface area contributed by atoms with Crippen LogP contribution in [-0.4, -0.2) is 21.1 Å². The van der Waals surface area contributed by atoms with Gasteiger partial charge >= 0.3 is 0 Å². The molecule has 0 aliphatic carbocycles. The number of hydrogen-bond donors (Lipinski definition) is 2. The van der Waals surface area contributed by atoms with Crippen LogP contribution in [0.5, 0.6) is 0 Å². The number of nitrogens with one attached hydrogen (secondary N) is 1. The zero-order chi connectivity index (χ0) is 11.7. The Morgan fingerprint density at radius 3 is 3.12 bits per heavy atom. The molecular weight excluding hydrogens is 246 g/mol. The van der Waals surface area contributed by atoms with E-state index in [0.29, 0.717) is 15.4 Å². The Kier molecular flexibility index (Phi) is 2.97. The van der Waals surface area contributed by atoms with Crippen LogP contribution in [0.25, 0.3) is 10.2 Å². The van der Waals surface area contributed by atoms with Crippen LogP contribution in [-0.2, 0) is 4.79 Å². The van der Waals surface area contributed by atoms with Gasteiger partial charge in [0.2, 0.25) is 5.91 Å². The van der Waals surface area contributed by atoms with E-state index in [-0.39, 0.29) is 5.56 Å². The van der Waals surface area contributed by atoms with Gasteiger partial charge in [0, 0.05) is 0 Å². The molecule has 5 nitrogen and oxygen atoms in total.